The first-order valence-corrected chi connectivity index (χ1v) is 5.43. The number of nitrogens with zero attached hydrogens (tertiary/aromatic N) is 2. The zero-order valence-corrected chi connectivity index (χ0v) is 10.3. The molecule has 0 aliphatic rings. The van der Waals surface area contributed by atoms with Crippen molar-refractivity contribution >= 4 is 11.9 Å². The lowest BCUT2D eigenvalue weighted by Crippen LogP contribution is -1.99. The van der Waals surface area contributed by atoms with E-state index in [1.54, 1.807) is 12.4 Å². The average Bonchev–Trinajstić information content (AvgIpc) is 2.11. The van der Waals surface area contributed by atoms with Crippen molar-refractivity contribution in [3.63, 3.8) is 0 Å². The lowest BCUT2D eigenvalue weighted by molar-refractivity contribution is 0.685. The summed E-state index contributed by atoms with van der Waals surface area (Å²) in [5, 5.41) is 0. The molecule has 0 fully saturated rings. The van der Waals surface area contributed by atoms with Crippen LogP contribution >= 0.6 is 0 Å². The van der Waals surface area contributed by atoms with E-state index in [2.05, 4.69) is 44.3 Å². The second kappa shape index (κ2) is 8.16. The summed E-state index contributed by atoms with van der Waals surface area (Å²) < 4.78 is 0. The van der Waals surface area contributed by atoms with Gasteiger partial charge in [0.2, 0.25) is 0 Å². The first-order chi connectivity index (χ1) is 7.06. The predicted molar refractivity (Wildman–Crippen MR) is 69.6 cm³/mol. The Hall–Kier alpha value is -1.18. The van der Waals surface area contributed by atoms with Crippen molar-refractivity contribution in [1.29, 1.82) is 0 Å². The molecule has 0 bridgehead atoms. The third kappa shape index (κ3) is 9.13. The molecule has 0 aromatic heterocycles. The van der Waals surface area contributed by atoms with Crippen LogP contribution in [0.4, 0.5) is 0 Å². The minimum Gasteiger partial charge on any atom is -0.269 e. The summed E-state index contributed by atoms with van der Waals surface area (Å²) in [7, 11) is 0. The monoisotopic (exact) mass is 206 g/mol. The highest BCUT2D eigenvalue weighted by atomic mass is 14.7. The van der Waals surface area contributed by atoms with Crippen LogP contribution in [0.3, 0.4) is 0 Å². The largest absolute Gasteiger partial charge is 0.269 e. The van der Waals surface area contributed by atoms with Gasteiger partial charge in [0.25, 0.3) is 0 Å². The summed E-state index contributed by atoms with van der Waals surface area (Å²) in [6.07, 6.45) is 8.19. The minimum atomic E-state index is 0.486. The molecule has 0 rings (SSSR count). The maximum atomic E-state index is 4.20. The number of aliphatic imine (C=N–C) groups is 2. The third-order valence-corrected chi connectivity index (χ3v) is 1.61. The topological polar surface area (TPSA) is 24.7 Å². The molecule has 0 aromatic rings. The van der Waals surface area contributed by atoms with E-state index in [4.69, 9.17) is 0 Å². The van der Waals surface area contributed by atoms with E-state index >= 15 is 0 Å². The van der Waals surface area contributed by atoms with Gasteiger partial charge in [-0.1, -0.05) is 34.3 Å². The van der Waals surface area contributed by atoms with Gasteiger partial charge < -0.3 is 0 Å². The highest BCUT2D eigenvalue weighted by Crippen LogP contribution is 2.03. The van der Waals surface area contributed by atoms with Crippen molar-refractivity contribution in [3.05, 3.63) is 25.1 Å². The zero-order valence-electron chi connectivity index (χ0n) is 10.3. The Morgan fingerprint density at radius 3 is 2.40 bits per heavy atom. The van der Waals surface area contributed by atoms with Crippen LogP contribution in [0.1, 0.15) is 34.1 Å². The Kier molecular flexibility index (Phi) is 7.51. The second-order valence-corrected chi connectivity index (χ2v) is 4.26. The standard InChI is InChI=1S/C13H22N2/c1-6-15-13(9-11(2)3)7-8-14-10-12(4)5/h6-8,10-12H,1,9H2,2-5H3/b8-7-,14-10+,15-13+. The molecule has 0 aromatic carbocycles. The first-order valence-electron chi connectivity index (χ1n) is 5.43. The SMILES string of the molecule is C=C\N=C(/C=C\N=C\C(C)C)CC(C)C. The van der Waals surface area contributed by atoms with Crippen LogP contribution in [0, 0.1) is 11.8 Å². The fourth-order valence-electron chi connectivity index (χ4n) is 1.05. The molecular formula is C13H22N2. The number of hydrogen-bond donors (Lipinski definition) is 0. The van der Waals surface area contributed by atoms with Gasteiger partial charge in [0.15, 0.2) is 0 Å². The molecule has 15 heavy (non-hydrogen) atoms. The molecule has 2 nitrogen and oxygen atoms in total. The number of rotatable bonds is 6. The first kappa shape index (κ1) is 13.8. The van der Waals surface area contributed by atoms with Crippen molar-refractivity contribution < 1.29 is 0 Å². The zero-order chi connectivity index (χ0) is 11.7. The van der Waals surface area contributed by atoms with Gasteiger partial charge in [-0.25, -0.2) is 0 Å². The molecule has 0 aliphatic carbocycles. The lowest BCUT2D eigenvalue weighted by Gasteiger charge is -2.02. The summed E-state index contributed by atoms with van der Waals surface area (Å²) in [6.45, 7) is 12.1. The summed E-state index contributed by atoms with van der Waals surface area (Å²) in [5.74, 6) is 1.09. The lowest BCUT2D eigenvalue weighted by atomic mass is 10.1. The molecule has 0 heterocycles. The van der Waals surface area contributed by atoms with Gasteiger partial charge in [0.1, 0.15) is 0 Å². The molecular weight excluding hydrogens is 184 g/mol. The molecule has 2 heteroatoms. The Morgan fingerprint density at radius 1 is 1.27 bits per heavy atom. The second-order valence-electron chi connectivity index (χ2n) is 4.26. The van der Waals surface area contributed by atoms with Gasteiger partial charge in [0, 0.05) is 24.3 Å². The van der Waals surface area contributed by atoms with E-state index in [9.17, 15) is 0 Å². The number of allylic oxidation sites excluding steroid dienone is 1. The molecule has 0 saturated carbocycles. The van der Waals surface area contributed by atoms with Gasteiger partial charge in [-0.3, -0.25) is 9.98 Å². The maximum absolute atomic E-state index is 4.20. The molecule has 0 spiro atoms. The summed E-state index contributed by atoms with van der Waals surface area (Å²) >= 11 is 0. The van der Waals surface area contributed by atoms with Crippen molar-refractivity contribution in [2.45, 2.75) is 34.1 Å². The molecule has 84 valence electrons. The Bertz CT molecular complexity index is 258. The molecule has 0 saturated heterocycles. The molecule has 0 aliphatic heterocycles. The maximum Gasteiger partial charge on any atom is 0.0421 e. The molecule has 0 amide bonds. The van der Waals surface area contributed by atoms with E-state index in [-0.39, 0.29) is 0 Å². The Balaban J connectivity index is 4.29. The highest BCUT2D eigenvalue weighted by molar-refractivity contribution is 5.95. The summed E-state index contributed by atoms with van der Waals surface area (Å²) in [5.41, 5.74) is 1.03. The van der Waals surface area contributed by atoms with Crippen molar-refractivity contribution in [2.24, 2.45) is 21.8 Å². The van der Waals surface area contributed by atoms with E-state index in [1.165, 1.54) is 0 Å². The van der Waals surface area contributed by atoms with Crippen molar-refractivity contribution in [2.75, 3.05) is 0 Å². The normalized spacial score (nSPS) is 13.6. The molecule has 0 N–H and O–H groups in total. The fraction of sp³-hybridized carbons (Fsp3) is 0.538. The smallest absolute Gasteiger partial charge is 0.0421 e. The van der Waals surface area contributed by atoms with Crippen LogP contribution in [0.15, 0.2) is 35.0 Å². The van der Waals surface area contributed by atoms with Gasteiger partial charge in [-0.2, -0.15) is 0 Å². The van der Waals surface area contributed by atoms with Gasteiger partial charge >= 0.3 is 0 Å². The fourth-order valence-corrected chi connectivity index (χ4v) is 1.05. The van der Waals surface area contributed by atoms with Gasteiger partial charge in [-0.15, -0.1) is 0 Å². The van der Waals surface area contributed by atoms with Gasteiger partial charge in [0.05, 0.1) is 0 Å². The Labute approximate surface area is 93.5 Å². The number of hydrogen-bond acceptors (Lipinski definition) is 2. The molecule has 0 atom stereocenters. The highest BCUT2D eigenvalue weighted by Gasteiger charge is 1.97. The summed E-state index contributed by atoms with van der Waals surface area (Å²) in [6, 6.07) is 0. The van der Waals surface area contributed by atoms with Crippen LogP contribution in [0.5, 0.6) is 0 Å². The predicted octanol–water partition coefficient (Wildman–Crippen LogP) is 3.86. The molecule has 0 unspecified atom stereocenters. The van der Waals surface area contributed by atoms with Crippen LogP contribution in [-0.4, -0.2) is 11.9 Å². The van der Waals surface area contributed by atoms with E-state index < -0.39 is 0 Å². The van der Waals surface area contributed by atoms with Crippen LogP contribution in [0.2, 0.25) is 0 Å². The van der Waals surface area contributed by atoms with E-state index in [1.807, 2.05) is 12.3 Å². The van der Waals surface area contributed by atoms with Crippen molar-refractivity contribution in [3.8, 4) is 0 Å². The minimum absolute atomic E-state index is 0.486. The summed E-state index contributed by atoms with van der Waals surface area (Å²) in [4.78, 5) is 8.38. The van der Waals surface area contributed by atoms with Crippen LogP contribution in [0.25, 0.3) is 0 Å². The third-order valence-electron chi connectivity index (χ3n) is 1.61. The molecule has 0 radical (unpaired) electrons. The quantitative estimate of drug-likeness (QED) is 0.590. The van der Waals surface area contributed by atoms with Crippen LogP contribution in [-0.2, 0) is 0 Å². The van der Waals surface area contributed by atoms with E-state index in [0.29, 0.717) is 11.8 Å². The average molecular weight is 206 g/mol. The van der Waals surface area contributed by atoms with Crippen molar-refractivity contribution in [1.82, 2.24) is 0 Å². The van der Waals surface area contributed by atoms with E-state index in [0.717, 1.165) is 12.1 Å². The van der Waals surface area contributed by atoms with Gasteiger partial charge in [-0.05, 0) is 24.3 Å². The van der Waals surface area contributed by atoms with Crippen LogP contribution < -0.4 is 0 Å². The Morgan fingerprint density at radius 2 is 1.93 bits per heavy atom.